The number of halogens is 1. The van der Waals surface area contributed by atoms with Gasteiger partial charge in [0.25, 0.3) is 0 Å². The molecule has 2 heteroatoms. The van der Waals surface area contributed by atoms with Gasteiger partial charge in [-0.15, -0.1) is 0 Å². The van der Waals surface area contributed by atoms with Gasteiger partial charge in [-0.05, 0) is 40.9 Å². The summed E-state index contributed by atoms with van der Waals surface area (Å²) in [4.78, 5) is 0. The van der Waals surface area contributed by atoms with Crippen LogP contribution in [0.1, 0.15) is 59.4 Å². The Morgan fingerprint density at radius 2 is 1.67 bits per heavy atom. The second kappa shape index (κ2) is 4.91. The first-order chi connectivity index (χ1) is 8.00. The molecule has 18 heavy (non-hydrogen) atoms. The predicted molar refractivity (Wildman–Crippen MR) is 74.3 cm³/mol. The molecule has 0 aliphatic heterocycles. The number of rotatable bonds is 2. The van der Waals surface area contributed by atoms with Crippen LogP contribution in [0.4, 0.5) is 4.39 Å². The highest BCUT2D eigenvalue weighted by Crippen LogP contribution is 2.43. The molecule has 1 atom stereocenters. The lowest BCUT2D eigenvalue weighted by molar-refractivity contribution is 0.228. The smallest absolute Gasteiger partial charge is 0.165 e. The molecule has 1 rings (SSSR count). The van der Waals surface area contributed by atoms with Crippen LogP contribution >= 0.6 is 0 Å². The molecule has 1 aromatic rings. The summed E-state index contributed by atoms with van der Waals surface area (Å²) in [6.45, 7) is 13.1. The van der Waals surface area contributed by atoms with Gasteiger partial charge in [-0.3, -0.25) is 0 Å². The number of aromatic hydroxyl groups is 1. The van der Waals surface area contributed by atoms with Crippen molar-refractivity contribution in [2.75, 3.05) is 0 Å². The van der Waals surface area contributed by atoms with E-state index >= 15 is 0 Å². The van der Waals surface area contributed by atoms with E-state index in [0.29, 0.717) is 0 Å². The number of hydrogen-bond acceptors (Lipinski definition) is 1. The largest absolute Gasteiger partial charge is 0.505 e. The maximum Gasteiger partial charge on any atom is 0.165 e. The maximum absolute atomic E-state index is 13.5. The Balaban J connectivity index is 3.14. The fraction of sp³-hybridized carbons (Fsp3) is 0.625. The van der Waals surface area contributed by atoms with Crippen LogP contribution in [0.3, 0.4) is 0 Å². The van der Waals surface area contributed by atoms with E-state index in [1.54, 1.807) is 0 Å². The van der Waals surface area contributed by atoms with Crippen LogP contribution in [-0.2, 0) is 0 Å². The minimum absolute atomic E-state index is 0.0662. The molecule has 0 saturated carbocycles. The standard InChI is InChI=1S/C16H25FO/c1-15(2,3)10-12(16(4,5)6)11-7-8-14(18)13(17)9-11/h7-9,12,18H,10H2,1-6H3. The van der Waals surface area contributed by atoms with Gasteiger partial charge in [-0.1, -0.05) is 47.6 Å². The molecular formula is C16H25FO. The summed E-state index contributed by atoms with van der Waals surface area (Å²) in [7, 11) is 0. The molecule has 1 unspecified atom stereocenters. The Morgan fingerprint density at radius 1 is 1.11 bits per heavy atom. The van der Waals surface area contributed by atoms with Crippen LogP contribution < -0.4 is 0 Å². The Hall–Kier alpha value is -1.05. The molecule has 0 aromatic heterocycles. The van der Waals surface area contributed by atoms with E-state index < -0.39 is 5.82 Å². The van der Waals surface area contributed by atoms with E-state index in [9.17, 15) is 9.50 Å². The Kier molecular flexibility index (Phi) is 4.09. The van der Waals surface area contributed by atoms with Gasteiger partial charge in [0.2, 0.25) is 0 Å². The molecule has 102 valence electrons. The van der Waals surface area contributed by atoms with E-state index in [1.165, 1.54) is 12.1 Å². The number of benzene rings is 1. The molecule has 0 saturated heterocycles. The summed E-state index contributed by atoms with van der Waals surface area (Å²) in [5.41, 5.74) is 1.22. The second-order valence-electron chi connectivity index (χ2n) is 7.39. The lowest BCUT2D eigenvalue weighted by Gasteiger charge is -2.36. The van der Waals surface area contributed by atoms with Gasteiger partial charge < -0.3 is 5.11 Å². The Bertz CT molecular complexity index is 410. The quantitative estimate of drug-likeness (QED) is 0.776. The van der Waals surface area contributed by atoms with E-state index in [0.717, 1.165) is 12.0 Å². The summed E-state index contributed by atoms with van der Waals surface area (Å²) >= 11 is 0. The Morgan fingerprint density at radius 3 is 2.06 bits per heavy atom. The third-order valence-electron chi connectivity index (χ3n) is 3.24. The van der Waals surface area contributed by atoms with Gasteiger partial charge in [-0.2, -0.15) is 0 Å². The summed E-state index contributed by atoms with van der Waals surface area (Å²) in [6, 6.07) is 4.75. The molecule has 0 radical (unpaired) electrons. The fourth-order valence-electron chi connectivity index (χ4n) is 2.28. The van der Waals surface area contributed by atoms with Gasteiger partial charge in [0, 0.05) is 0 Å². The second-order valence-corrected chi connectivity index (χ2v) is 7.39. The van der Waals surface area contributed by atoms with Crippen molar-refractivity contribution < 1.29 is 9.50 Å². The highest BCUT2D eigenvalue weighted by molar-refractivity contribution is 5.31. The summed E-state index contributed by atoms with van der Waals surface area (Å²) in [5, 5.41) is 9.29. The molecular weight excluding hydrogens is 227 g/mol. The zero-order valence-electron chi connectivity index (χ0n) is 12.3. The monoisotopic (exact) mass is 252 g/mol. The minimum Gasteiger partial charge on any atom is -0.505 e. The van der Waals surface area contributed by atoms with Crippen molar-refractivity contribution in [3.8, 4) is 5.75 Å². The van der Waals surface area contributed by atoms with E-state index in [4.69, 9.17) is 0 Å². The molecule has 0 aliphatic rings. The molecule has 1 N–H and O–H groups in total. The molecule has 0 aliphatic carbocycles. The summed E-state index contributed by atoms with van der Waals surface area (Å²) in [5.74, 6) is -0.537. The van der Waals surface area contributed by atoms with Crippen molar-refractivity contribution >= 4 is 0 Å². The van der Waals surface area contributed by atoms with Crippen LogP contribution in [0.25, 0.3) is 0 Å². The molecule has 0 heterocycles. The molecule has 0 fully saturated rings. The number of phenols is 1. The average molecular weight is 252 g/mol. The van der Waals surface area contributed by atoms with E-state index in [2.05, 4.69) is 41.5 Å². The van der Waals surface area contributed by atoms with Crippen molar-refractivity contribution in [3.05, 3.63) is 29.6 Å². The molecule has 0 amide bonds. The zero-order chi connectivity index (χ0) is 14.1. The van der Waals surface area contributed by atoms with Gasteiger partial charge in [-0.25, -0.2) is 4.39 Å². The predicted octanol–water partition coefficient (Wildman–Crippen LogP) is 5.10. The van der Waals surface area contributed by atoms with Gasteiger partial charge >= 0.3 is 0 Å². The maximum atomic E-state index is 13.5. The Labute approximate surface area is 110 Å². The summed E-state index contributed by atoms with van der Waals surface area (Å²) < 4.78 is 13.5. The number of phenolic OH excluding ortho intramolecular Hbond substituents is 1. The topological polar surface area (TPSA) is 20.2 Å². The zero-order valence-corrected chi connectivity index (χ0v) is 12.3. The average Bonchev–Trinajstić information content (AvgIpc) is 2.16. The minimum atomic E-state index is -0.532. The third-order valence-corrected chi connectivity index (χ3v) is 3.24. The van der Waals surface area contributed by atoms with Crippen LogP contribution in [0, 0.1) is 16.6 Å². The van der Waals surface area contributed by atoms with Crippen LogP contribution in [0.5, 0.6) is 5.75 Å². The third kappa shape index (κ3) is 4.01. The first-order valence-electron chi connectivity index (χ1n) is 6.49. The van der Waals surface area contributed by atoms with Crippen molar-refractivity contribution in [1.29, 1.82) is 0 Å². The fourth-order valence-corrected chi connectivity index (χ4v) is 2.28. The lowest BCUT2D eigenvalue weighted by Crippen LogP contribution is -2.23. The van der Waals surface area contributed by atoms with Crippen LogP contribution in [0.15, 0.2) is 18.2 Å². The van der Waals surface area contributed by atoms with Crippen molar-refractivity contribution in [2.45, 2.75) is 53.9 Å². The normalized spacial score (nSPS) is 14.6. The van der Waals surface area contributed by atoms with Gasteiger partial charge in [0.15, 0.2) is 11.6 Å². The highest BCUT2D eigenvalue weighted by Gasteiger charge is 2.30. The SMILES string of the molecule is CC(C)(C)CC(c1ccc(O)c(F)c1)C(C)(C)C. The molecule has 1 nitrogen and oxygen atoms in total. The first-order valence-corrected chi connectivity index (χ1v) is 6.49. The van der Waals surface area contributed by atoms with Gasteiger partial charge in [0.05, 0.1) is 0 Å². The lowest BCUT2D eigenvalue weighted by atomic mass is 9.69. The van der Waals surface area contributed by atoms with Crippen LogP contribution in [0.2, 0.25) is 0 Å². The molecule has 1 aromatic carbocycles. The summed E-state index contributed by atoms with van der Waals surface area (Å²) in [6.07, 6.45) is 0.987. The van der Waals surface area contributed by atoms with E-state index in [-0.39, 0.29) is 22.5 Å². The van der Waals surface area contributed by atoms with Gasteiger partial charge in [0.1, 0.15) is 0 Å². The van der Waals surface area contributed by atoms with E-state index in [1.807, 2.05) is 6.07 Å². The molecule has 0 spiro atoms. The van der Waals surface area contributed by atoms with Crippen molar-refractivity contribution in [1.82, 2.24) is 0 Å². The van der Waals surface area contributed by atoms with Crippen molar-refractivity contribution in [2.24, 2.45) is 10.8 Å². The van der Waals surface area contributed by atoms with Crippen LogP contribution in [-0.4, -0.2) is 5.11 Å². The first kappa shape index (κ1) is 15.0. The highest BCUT2D eigenvalue weighted by atomic mass is 19.1. The van der Waals surface area contributed by atoms with Crippen molar-refractivity contribution in [3.63, 3.8) is 0 Å². The molecule has 0 bridgehead atoms. The number of hydrogen-bond donors (Lipinski definition) is 1.